The zero-order chi connectivity index (χ0) is 38.2. The molecule has 58 heavy (non-hydrogen) atoms. The molecule has 3 aromatic heterocycles. The van der Waals surface area contributed by atoms with Gasteiger partial charge in [-0.3, -0.25) is 0 Å². The first-order chi connectivity index (χ1) is 28.8. The molecule has 0 N–H and O–H groups in total. The summed E-state index contributed by atoms with van der Waals surface area (Å²) in [6, 6.07) is 75.5. The van der Waals surface area contributed by atoms with Crippen molar-refractivity contribution >= 4 is 102 Å². The molecule has 0 unspecified atom stereocenters. The van der Waals surface area contributed by atoms with Crippen LogP contribution in [0.1, 0.15) is 0 Å². The number of rotatable bonds is 6. The molecule has 0 aliphatic carbocycles. The molecule has 272 valence electrons. The molecule has 3 heterocycles. The molecule has 0 atom stereocenters. The summed E-state index contributed by atoms with van der Waals surface area (Å²) in [5.41, 5.74) is 12.0. The maximum atomic E-state index is 2.54. The molecule has 0 radical (unpaired) electrons. The standard InChI is InChI=1S/C54H34N2S2/c1-3-16-35(17-4-1)39-25-14-26-43-44-27-15-30-49(53(44)58-52(39)43)56(38-21-13-20-37(34-38)55-46-28-10-7-22-41(46)42-23-8-11-29-47(42)55)48-33-32-40(36-18-5-2-6-19-36)54-51(48)45-24-9-12-31-50(45)57-54/h1-34H. The van der Waals surface area contributed by atoms with Crippen molar-refractivity contribution in [3.05, 3.63) is 206 Å². The molecular weight excluding hydrogens is 741 g/mol. The molecule has 0 saturated heterocycles. The molecule has 0 amide bonds. The van der Waals surface area contributed by atoms with Gasteiger partial charge in [-0.25, -0.2) is 0 Å². The maximum Gasteiger partial charge on any atom is 0.0640 e. The van der Waals surface area contributed by atoms with Gasteiger partial charge in [0.1, 0.15) is 0 Å². The lowest BCUT2D eigenvalue weighted by atomic mass is 10.00. The molecule has 12 aromatic rings. The van der Waals surface area contributed by atoms with Crippen LogP contribution in [0.5, 0.6) is 0 Å². The Kier molecular flexibility index (Phi) is 7.62. The first-order valence-corrected chi connectivity index (χ1v) is 21.3. The fourth-order valence-electron chi connectivity index (χ4n) is 9.05. The molecule has 0 bridgehead atoms. The van der Waals surface area contributed by atoms with Gasteiger partial charge in [0.2, 0.25) is 0 Å². The number of aromatic nitrogens is 1. The first kappa shape index (κ1) is 33.2. The Hall–Kier alpha value is -6.98. The van der Waals surface area contributed by atoms with Crippen LogP contribution in [0.25, 0.3) is 90.1 Å². The smallest absolute Gasteiger partial charge is 0.0640 e. The van der Waals surface area contributed by atoms with E-state index < -0.39 is 0 Å². The van der Waals surface area contributed by atoms with E-state index in [9.17, 15) is 0 Å². The van der Waals surface area contributed by atoms with Crippen LogP contribution in [-0.2, 0) is 0 Å². The van der Waals surface area contributed by atoms with E-state index in [4.69, 9.17) is 0 Å². The monoisotopic (exact) mass is 774 g/mol. The maximum absolute atomic E-state index is 2.54. The SMILES string of the molecule is c1ccc(-c2cccc3c2sc2c(N(c4cccc(-n5c6ccccc6c6ccccc65)c4)c4ccc(-c5ccccc5)c5sc6ccccc6c45)cccc23)cc1. The summed E-state index contributed by atoms with van der Waals surface area (Å²) < 4.78 is 7.58. The van der Waals surface area contributed by atoms with Crippen LogP contribution in [0.2, 0.25) is 0 Å². The summed E-state index contributed by atoms with van der Waals surface area (Å²) in [7, 11) is 0. The third-order valence-corrected chi connectivity index (χ3v) is 14.1. The van der Waals surface area contributed by atoms with Gasteiger partial charge in [0.15, 0.2) is 0 Å². The van der Waals surface area contributed by atoms with E-state index in [2.05, 4.69) is 216 Å². The first-order valence-electron chi connectivity index (χ1n) is 19.7. The van der Waals surface area contributed by atoms with Gasteiger partial charge < -0.3 is 9.47 Å². The predicted molar refractivity (Wildman–Crippen MR) is 252 cm³/mol. The predicted octanol–water partition coefficient (Wildman–Crippen LogP) is 16.3. The minimum atomic E-state index is 1.11. The van der Waals surface area contributed by atoms with Gasteiger partial charge in [0.25, 0.3) is 0 Å². The molecule has 0 aliphatic heterocycles. The van der Waals surface area contributed by atoms with Gasteiger partial charge >= 0.3 is 0 Å². The number of hydrogen-bond donors (Lipinski definition) is 0. The Morgan fingerprint density at radius 2 is 0.931 bits per heavy atom. The van der Waals surface area contributed by atoms with Crippen LogP contribution in [-0.4, -0.2) is 4.57 Å². The van der Waals surface area contributed by atoms with E-state index in [1.165, 1.54) is 95.8 Å². The fraction of sp³-hybridized carbons (Fsp3) is 0. The van der Waals surface area contributed by atoms with Crippen molar-refractivity contribution in [1.82, 2.24) is 4.57 Å². The molecule has 12 rings (SSSR count). The summed E-state index contributed by atoms with van der Waals surface area (Å²) >= 11 is 3.79. The second kappa shape index (κ2) is 13.3. The Balaban J connectivity index is 1.17. The van der Waals surface area contributed by atoms with Crippen LogP contribution in [0, 0.1) is 0 Å². The number of para-hydroxylation sites is 2. The minimum absolute atomic E-state index is 1.11. The van der Waals surface area contributed by atoms with Gasteiger partial charge in [0, 0.05) is 57.8 Å². The highest BCUT2D eigenvalue weighted by molar-refractivity contribution is 7.27. The van der Waals surface area contributed by atoms with Crippen LogP contribution in [0.4, 0.5) is 17.1 Å². The summed E-state index contributed by atoms with van der Waals surface area (Å²) in [6.45, 7) is 0. The summed E-state index contributed by atoms with van der Waals surface area (Å²) in [5, 5.41) is 7.61. The van der Waals surface area contributed by atoms with Crippen molar-refractivity contribution in [3.63, 3.8) is 0 Å². The highest BCUT2D eigenvalue weighted by atomic mass is 32.1. The van der Waals surface area contributed by atoms with Gasteiger partial charge in [-0.15, -0.1) is 22.7 Å². The second-order valence-electron chi connectivity index (χ2n) is 14.8. The van der Waals surface area contributed by atoms with Gasteiger partial charge in [-0.2, -0.15) is 0 Å². The third-order valence-electron chi connectivity index (χ3n) is 11.6. The van der Waals surface area contributed by atoms with Gasteiger partial charge in [-0.1, -0.05) is 158 Å². The van der Waals surface area contributed by atoms with Crippen LogP contribution >= 0.6 is 22.7 Å². The summed E-state index contributed by atoms with van der Waals surface area (Å²) in [6.07, 6.45) is 0. The molecule has 0 aliphatic rings. The Bertz CT molecular complexity index is 3470. The van der Waals surface area contributed by atoms with E-state index in [0.717, 1.165) is 11.4 Å². The highest BCUT2D eigenvalue weighted by Crippen LogP contribution is 2.52. The number of nitrogens with zero attached hydrogens (tertiary/aromatic N) is 2. The third kappa shape index (κ3) is 5.09. The van der Waals surface area contributed by atoms with E-state index in [1.807, 2.05) is 22.7 Å². The number of thiophene rings is 2. The van der Waals surface area contributed by atoms with Gasteiger partial charge in [-0.05, 0) is 70.8 Å². The van der Waals surface area contributed by atoms with E-state index >= 15 is 0 Å². The average Bonchev–Trinajstić information content (AvgIpc) is 3.98. The topological polar surface area (TPSA) is 8.17 Å². The molecule has 0 fully saturated rings. The number of benzene rings is 9. The van der Waals surface area contributed by atoms with Crippen molar-refractivity contribution in [3.8, 4) is 27.9 Å². The van der Waals surface area contributed by atoms with Crippen molar-refractivity contribution in [2.45, 2.75) is 0 Å². The zero-order valence-corrected chi connectivity index (χ0v) is 33.0. The number of fused-ring (bicyclic) bond motifs is 9. The summed E-state index contributed by atoms with van der Waals surface area (Å²) in [5.74, 6) is 0. The Labute approximate surface area is 343 Å². The largest absolute Gasteiger partial charge is 0.309 e. The minimum Gasteiger partial charge on any atom is -0.309 e. The summed E-state index contributed by atoms with van der Waals surface area (Å²) in [4.78, 5) is 2.54. The lowest BCUT2D eigenvalue weighted by Crippen LogP contribution is -2.11. The van der Waals surface area contributed by atoms with Crippen molar-refractivity contribution in [2.75, 3.05) is 4.90 Å². The van der Waals surface area contributed by atoms with E-state index in [-0.39, 0.29) is 0 Å². The second-order valence-corrected chi connectivity index (χ2v) is 16.9. The average molecular weight is 775 g/mol. The molecular formula is C54H34N2S2. The van der Waals surface area contributed by atoms with Crippen molar-refractivity contribution < 1.29 is 0 Å². The van der Waals surface area contributed by atoms with E-state index in [1.54, 1.807) is 0 Å². The van der Waals surface area contributed by atoms with Crippen LogP contribution in [0.3, 0.4) is 0 Å². The normalized spacial score (nSPS) is 11.8. The molecule has 4 heteroatoms. The molecule has 9 aromatic carbocycles. The highest BCUT2D eigenvalue weighted by Gasteiger charge is 2.24. The van der Waals surface area contributed by atoms with Gasteiger partial charge in [0.05, 0.1) is 27.1 Å². The molecule has 0 saturated carbocycles. The van der Waals surface area contributed by atoms with E-state index in [0.29, 0.717) is 0 Å². The van der Waals surface area contributed by atoms with Crippen LogP contribution in [0.15, 0.2) is 206 Å². The Morgan fingerprint density at radius 1 is 0.362 bits per heavy atom. The number of hydrogen-bond acceptors (Lipinski definition) is 3. The van der Waals surface area contributed by atoms with Crippen molar-refractivity contribution in [2.24, 2.45) is 0 Å². The lowest BCUT2D eigenvalue weighted by molar-refractivity contribution is 1.17. The van der Waals surface area contributed by atoms with Crippen LogP contribution < -0.4 is 4.90 Å². The Morgan fingerprint density at radius 3 is 1.66 bits per heavy atom. The quantitative estimate of drug-likeness (QED) is 0.163. The van der Waals surface area contributed by atoms with Crippen molar-refractivity contribution in [1.29, 1.82) is 0 Å². The number of anilines is 3. The molecule has 0 spiro atoms. The lowest BCUT2D eigenvalue weighted by Gasteiger charge is -2.28. The molecule has 2 nitrogen and oxygen atoms in total. The zero-order valence-electron chi connectivity index (χ0n) is 31.3. The fourth-order valence-corrected chi connectivity index (χ4v) is 11.6.